The lowest BCUT2D eigenvalue weighted by Gasteiger charge is -2.13. The largest absolute Gasteiger partial charge is 0.490 e. The zero-order valence-corrected chi connectivity index (χ0v) is 9.53. The van der Waals surface area contributed by atoms with Gasteiger partial charge in [-0.15, -0.1) is 0 Å². The number of hydrogen-bond donors (Lipinski definition) is 0. The van der Waals surface area contributed by atoms with Crippen LogP contribution >= 0.6 is 0 Å². The molecular weight excluding hydrogens is 200 g/mol. The molecule has 0 atom stereocenters. The van der Waals surface area contributed by atoms with Crippen LogP contribution in [0.4, 0.5) is 0 Å². The summed E-state index contributed by atoms with van der Waals surface area (Å²) in [5.41, 5.74) is 2.26. The van der Waals surface area contributed by atoms with E-state index < -0.39 is 0 Å². The molecule has 1 aromatic carbocycles. The van der Waals surface area contributed by atoms with E-state index >= 15 is 0 Å². The van der Waals surface area contributed by atoms with E-state index in [9.17, 15) is 4.79 Å². The third-order valence-corrected chi connectivity index (χ3v) is 2.70. The van der Waals surface area contributed by atoms with Gasteiger partial charge in [-0.05, 0) is 31.4 Å². The van der Waals surface area contributed by atoms with Crippen molar-refractivity contribution >= 4 is 5.78 Å². The summed E-state index contributed by atoms with van der Waals surface area (Å²) in [5.74, 6) is 0.635. The summed E-state index contributed by atoms with van der Waals surface area (Å²) in [7, 11) is 0. The molecule has 0 spiro atoms. The third kappa shape index (κ3) is 2.72. The van der Waals surface area contributed by atoms with Crippen molar-refractivity contribution in [3.05, 3.63) is 47.2 Å². The van der Waals surface area contributed by atoms with Crippen LogP contribution in [-0.4, -0.2) is 12.4 Å². The van der Waals surface area contributed by atoms with Gasteiger partial charge in [-0.3, -0.25) is 4.79 Å². The quantitative estimate of drug-likeness (QED) is 0.776. The highest BCUT2D eigenvalue weighted by Gasteiger charge is 2.13. The Bertz CT molecular complexity index is 401. The number of carbonyl (C=O) groups is 1. The molecule has 0 fully saturated rings. The fraction of sp³-hybridized carbons (Fsp3) is 0.357. The maximum Gasteiger partial charge on any atom is 0.201 e. The van der Waals surface area contributed by atoms with Gasteiger partial charge in [0.25, 0.3) is 0 Å². The SMILES string of the molecule is Cc1ccc(CC(=O)C2=CCCCO2)cc1. The van der Waals surface area contributed by atoms with Crippen LogP contribution in [0.15, 0.2) is 36.1 Å². The predicted molar refractivity (Wildman–Crippen MR) is 63.2 cm³/mol. The number of benzene rings is 1. The summed E-state index contributed by atoms with van der Waals surface area (Å²) < 4.78 is 5.35. The van der Waals surface area contributed by atoms with Crippen molar-refractivity contribution in [1.82, 2.24) is 0 Å². The number of carbonyl (C=O) groups excluding carboxylic acids is 1. The Morgan fingerprint density at radius 1 is 1.31 bits per heavy atom. The highest BCUT2D eigenvalue weighted by molar-refractivity contribution is 5.95. The van der Waals surface area contributed by atoms with Crippen molar-refractivity contribution in [2.75, 3.05) is 6.61 Å². The number of aryl methyl sites for hydroxylation is 1. The second kappa shape index (κ2) is 4.97. The Labute approximate surface area is 95.9 Å². The third-order valence-electron chi connectivity index (χ3n) is 2.70. The lowest BCUT2D eigenvalue weighted by Crippen LogP contribution is -2.13. The second-order valence-corrected chi connectivity index (χ2v) is 4.14. The number of ether oxygens (including phenoxy) is 1. The van der Waals surface area contributed by atoms with Crippen molar-refractivity contribution in [3.8, 4) is 0 Å². The lowest BCUT2D eigenvalue weighted by atomic mass is 10.0. The minimum Gasteiger partial charge on any atom is -0.490 e. The molecule has 0 radical (unpaired) electrons. The molecule has 2 heteroatoms. The standard InChI is InChI=1S/C14H16O2/c1-11-5-7-12(8-6-11)10-13(15)14-4-2-3-9-16-14/h4-8H,2-3,9-10H2,1H3. The van der Waals surface area contributed by atoms with E-state index in [1.807, 2.05) is 37.3 Å². The molecule has 1 aliphatic rings. The van der Waals surface area contributed by atoms with Gasteiger partial charge in [-0.1, -0.05) is 29.8 Å². The Hall–Kier alpha value is -1.57. The van der Waals surface area contributed by atoms with E-state index in [0.717, 1.165) is 18.4 Å². The van der Waals surface area contributed by atoms with Crippen LogP contribution in [0.2, 0.25) is 0 Å². The molecule has 0 aliphatic carbocycles. The zero-order valence-electron chi connectivity index (χ0n) is 9.53. The minimum atomic E-state index is 0.0866. The summed E-state index contributed by atoms with van der Waals surface area (Å²) in [4.78, 5) is 11.9. The average Bonchev–Trinajstić information content (AvgIpc) is 2.33. The van der Waals surface area contributed by atoms with Crippen LogP contribution in [-0.2, 0) is 16.0 Å². The first-order valence-electron chi connectivity index (χ1n) is 5.67. The predicted octanol–water partition coefficient (Wildman–Crippen LogP) is 2.80. The molecule has 1 aliphatic heterocycles. The Morgan fingerprint density at radius 3 is 2.69 bits per heavy atom. The second-order valence-electron chi connectivity index (χ2n) is 4.14. The molecule has 0 aromatic heterocycles. The number of Topliss-reactive ketones (excluding diaryl/α,β-unsaturated/α-hetero) is 1. The number of allylic oxidation sites excluding steroid dienone is 2. The maximum absolute atomic E-state index is 11.9. The van der Waals surface area contributed by atoms with E-state index in [0.29, 0.717) is 18.8 Å². The molecule has 1 heterocycles. The molecule has 0 unspecified atom stereocenters. The van der Waals surface area contributed by atoms with Crippen LogP contribution in [0.5, 0.6) is 0 Å². The van der Waals surface area contributed by atoms with Crippen molar-refractivity contribution in [2.45, 2.75) is 26.2 Å². The smallest absolute Gasteiger partial charge is 0.201 e. The van der Waals surface area contributed by atoms with Gasteiger partial charge >= 0.3 is 0 Å². The molecule has 0 amide bonds. The van der Waals surface area contributed by atoms with Gasteiger partial charge in [0.15, 0.2) is 5.76 Å². The molecular formula is C14H16O2. The fourth-order valence-corrected chi connectivity index (χ4v) is 1.73. The Balaban J connectivity index is 2.01. The van der Waals surface area contributed by atoms with Crippen LogP contribution in [0.25, 0.3) is 0 Å². The summed E-state index contributed by atoms with van der Waals surface area (Å²) in [6, 6.07) is 8.05. The highest BCUT2D eigenvalue weighted by Crippen LogP contribution is 2.13. The number of rotatable bonds is 3. The molecule has 84 valence electrons. The van der Waals surface area contributed by atoms with Gasteiger partial charge in [-0.25, -0.2) is 0 Å². The van der Waals surface area contributed by atoms with Crippen molar-refractivity contribution < 1.29 is 9.53 Å². The zero-order chi connectivity index (χ0) is 11.4. The van der Waals surface area contributed by atoms with Gasteiger partial charge < -0.3 is 4.74 Å². The lowest BCUT2D eigenvalue weighted by molar-refractivity contribution is -0.118. The van der Waals surface area contributed by atoms with Crippen molar-refractivity contribution in [1.29, 1.82) is 0 Å². The van der Waals surface area contributed by atoms with E-state index in [4.69, 9.17) is 4.74 Å². The molecule has 0 saturated heterocycles. The van der Waals surface area contributed by atoms with Gasteiger partial charge in [0.1, 0.15) is 0 Å². The normalized spacial score (nSPS) is 15.2. The van der Waals surface area contributed by atoms with Gasteiger partial charge in [0.05, 0.1) is 6.61 Å². The molecule has 0 bridgehead atoms. The topological polar surface area (TPSA) is 26.3 Å². The molecule has 2 nitrogen and oxygen atoms in total. The molecule has 0 saturated carbocycles. The first-order valence-corrected chi connectivity index (χ1v) is 5.67. The van der Waals surface area contributed by atoms with Crippen LogP contribution in [0, 0.1) is 6.92 Å². The molecule has 2 rings (SSSR count). The van der Waals surface area contributed by atoms with Crippen LogP contribution in [0.1, 0.15) is 24.0 Å². The van der Waals surface area contributed by atoms with E-state index in [1.165, 1.54) is 5.56 Å². The van der Waals surface area contributed by atoms with E-state index in [-0.39, 0.29) is 5.78 Å². The minimum absolute atomic E-state index is 0.0866. The van der Waals surface area contributed by atoms with E-state index in [1.54, 1.807) is 0 Å². The van der Waals surface area contributed by atoms with Crippen molar-refractivity contribution in [3.63, 3.8) is 0 Å². The Kier molecular flexibility index (Phi) is 3.40. The number of hydrogen-bond acceptors (Lipinski definition) is 2. The van der Waals surface area contributed by atoms with Gasteiger partial charge in [0.2, 0.25) is 5.78 Å². The monoisotopic (exact) mass is 216 g/mol. The van der Waals surface area contributed by atoms with Gasteiger partial charge in [-0.2, -0.15) is 0 Å². The van der Waals surface area contributed by atoms with Gasteiger partial charge in [0, 0.05) is 6.42 Å². The molecule has 0 N–H and O–H groups in total. The number of ketones is 1. The summed E-state index contributed by atoms with van der Waals surface area (Å²) in [5, 5.41) is 0. The average molecular weight is 216 g/mol. The molecule has 1 aromatic rings. The molecule has 16 heavy (non-hydrogen) atoms. The van der Waals surface area contributed by atoms with Crippen molar-refractivity contribution in [2.24, 2.45) is 0 Å². The Morgan fingerprint density at radius 2 is 2.06 bits per heavy atom. The maximum atomic E-state index is 11.9. The summed E-state index contributed by atoms with van der Waals surface area (Å²) in [6.07, 6.45) is 4.31. The summed E-state index contributed by atoms with van der Waals surface area (Å²) in [6.45, 7) is 2.71. The van der Waals surface area contributed by atoms with E-state index in [2.05, 4.69) is 0 Å². The summed E-state index contributed by atoms with van der Waals surface area (Å²) >= 11 is 0. The first kappa shape index (κ1) is 10.9. The van der Waals surface area contributed by atoms with Crippen LogP contribution in [0.3, 0.4) is 0 Å². The fourth-order valence-electron chi connectivity index (χ4n) is 1.73. The van der Waals surface area contributed by atoms with Crippen LogP contribution < -0.4 is 0 Å². The highest BCUT2D eigenvalue weighted by atomic mass is 16.5. The first-order chi connectivity index (χ1) is 7.75.